The van der Waals surface area contributed by atoms with Crippen molar-refractivity contribution in [2.24, 2.45) is 0 Å². The second-order valence-corrected chi connectivity index (χ2v) is 12.3. The van der Waals surface area contributed by atoms with Crippen molar-refractivity contribution in [2.45, 2.75) is 45.7 Å². The maximum absolute atomic E-state index is 14.2. The molecule has 9 nitrogen and oxygen atoms in total. The molecule has 46 heavy (non-hydrogen) atoms. The minimum Gasteiger partial charge on any atom is -0.361 e. The number of rotatable bonds is 10. The van der Waals surface area contributed by atoms with E-state index in [1.54, 1.807) is 36.7 Å². The van der Waals surface area contributed by atoms with Crippen molar-refractivity contribution in [2.75, 3.05) is 7.05 Å². The number of hydrogen-bond donors (Lipinski definition) is 4. The zero-order chi connectivity index (χ0) is 32.8. The van der Waals surface area contributed by atoms with Gasteiger partial charge in [-0.1, -0.05) is 59.7 Å². The first kappa shape index (κ1) is 32.2. The number of fused-ring (bicyclic) bond motifs is 1. The highest BCUT2D eigenvalue weighted by molar-refractivity contribution is 7.08. The Labute approximate surface area is 272 Å². The van der Waals surface area contributed by atoms with Crippen molar-refractivity contribution >= 4 is 45.9 Å². The average Bonchev–Trinajstić information content (AvgIpc) is 3.72. The van der Waals surface area contributed by atoms with Crippen LogP contribution in [-0.2, 0) is 27.2 Å². The highest BCUT2D eigenvalue weighted by atomic mass is 32.1. The standard InChI is InChI=1S/C36H37N5O4S/c1-22-15-23(2)17-28(16-22)36(45)41(4)33(18-25-9-11-26(12-10-25)27-13-14-46-21-27)35(44)38-32(34(43)40-39-24(3)42)19-29-20-37-31-8-6-5-7-30(29)31/h5-17,20-21,32-33,37H,18-19H2,1-4H3,(H,38,44)(H,39,42)(H,40,43)/t32-,33+/m0/s1. The van der Waals surface area contributed by atoms with Gasteiger partial charge in [0.1, 0.15) is 12.1 Å². The lowest BCUT2D eigenvalue weighted by Gasteiger charge is -2.29. The lowest BCUT2D eigenvalue weighted by molar-refractivity contribution is -0.133. The molecule has 0 aliphatic heterocycles. The van der Waals surface area contributed by atoms with E-state index in [-0.39, 0.29) is 18.7 Å². The van der Waals surface area contributed by atoms with Crippen LogP contribution in [0.4, 0.5) is 0 Å². The molecule has 4 amide bonds. The number of aryl methyl sites for hydroxylation is 2. The molecule has 4 N–H and O–H groups in total. The Morgan fingerprint density at radius 2 is 1.57 bits per heavy atom. The molecule has 2 atom stereocenters. The second kappa shape index (κ2) is 14.3. The van der Waals surface area contributed by atoms with Crippen LogP contribution < -0.4 is 16.2 Å². The maximum Gasteiger partial charge on any atom is 0.261 e. The van der Waals surface area contributed by atoms with E-state index in [9.17, 15) is 19.2 Å². The van der Waals surface area contributed by atoms with Crippen molar-refractivity contribution in [3.05, 3.63) is 118 Å². The number of benzene rings is 3. The van der Waals surface area contributed by atoms with Gasteiger partial charge in [-0.15, -0.1) is 0 Å². The Hall–Kier alpha value is -5.22. The summed E-state index contributed by atoms with van der Waals surface area (Å²) in [5.74, 6) is -1.84. The van der Waals surface area contributed by atoms with Gasteiger partial charge < -0.3 is 15.2 Å². The monoisotopic (exact) mass is 635 g/mol. The molecule has 0 aliphatic carbocycles. The molecule has 10 heteroatoms. The van der Waals surface area contributed by atoms with E-state index >= 15 is 0 Å². The van der Waals surface area contributed by atoms with Gasteiger partial charge in [-0.05, 0) is 71.1 Å². The zero-order valence-corrected chi connectivity index (χ0v) is 27.0. The summed E-state index contributed by atoms with van der Waals surface area (Å²) in [6, 6.07) is 21.2. The summed E-state index contributed by atoms with van der Waals surface area (Å²) < 4.78 is 0. The molecule has 0 saturated carbocycles. The van der Waals surface area contributed by atoms with Crippen LogP contribution in [0.2, 0.25) is 0 Å². The number of amides is 4. The molecule has 5 aromatic rings. The molecule has 0 fully saturated rings. The first-order valence-corrected chi connectivity index (χ1v) is 15.9. The number of likely N-dealkylation sites (N-methyl/N-ethyl adjacent to an activating group) is 1. The van der Waals surface area contributed by atoms with Gasteiger partial charge in [0.15, 0.2) is 0 Å². The Bertz CT molecular complexity index is 1840. The topological polar surface area (TPSA) is 123 Å². The summed E-state index contributed by atoms with van der Waals surface area (Å²) in [5, 5.41) is 7.90. The van der Waals surface area contributed by atoms with Crippen molar-refractivity contribution in [1.29, 1.82) is 0 Å². The zero-order valence-electron chi connectivity index (χ0n) is 26.2. The number of hydrogen-bond acceptors (Lipinski definition) is 5. The summed E-state index contributed by atoms with van der Waals surface area (Å²) in [5.41, 5.74) is 11.8. The Balaban J connectivity index is 1.45. The molecule has 2 heterocycles. The van der Waals surface area contributed by atoms with Gasteiger partial charge in [0.2, 0.25) is 11.8 Å². The third-order valence-corrected chi connectivity index (χ3v) is 8.57. The molecule has 0 aliphatic rings. The SMILES string of the molecule is CC(=O)NNC(=O)[C@H](Cc1c[nH]c2ccccc12)NC(=O)[C@@H](Cc1ccc(-c2ccsc2)cc1)N(C)C(=O)c1cc(C)cc(C)c1. The number of aromatic nitrogens is 1. The van der Waals surface area contributed by atoms with Gasteiger partial charge in [-0.2, -0.15) is 11.3 Å². The Kier molecular flexibility index (Phi) is 9.97. The van der Waals surface area contributed by atoms with Crippen LogP contribution in [0.3, 0.4) is 0 Å². The summed E-state index contributed by atoms with van der Waals surface area (Å²) in [4.78, 5) is 57.6. The summed E-state index contributed by atoms with van der Waals surface area (Å²) >= 11 is 1.62. The van der Waals surface area contributed by atoms with E-state index in [1.165, 1.54) is 11.8 Å². The molecular weight excluding hydrogens is 598 g/mol. The van der Waals surface area contributed by atoms with Gasteiger partial charge in [0.25, 0.3) is 11.8 Å². The van der Waals surface area contributed by atoms with E-state index in [4.69, 9.17) is 0 Å². The molecule has 0 radical (unpaired) electrons. The van der Waals surface area contributed by atoms with Gasteiger partial charge >= 0.3 is 0 Å². The van der Waals surface area contributed by atoms with Crippen LogP contribution in [0.1, 0.15) is 39.5 Å². The lowest BCUT2D eigenvalue weighted by atomic mass is 9.99. The van der Waals surface area contributed by atoms with Gasteiger partial charge in [-0.3, -0.25) is 30.0 Å². The largest absolute Gasteiger partial charge is 0.361 e. The highest BCUT2D eigenvalue weighted by Crippen LogP contribution is 2.24. The number of aromatic amines is 1. The number of hydrazine groups is 1. The van der Waals surface area contributed by atoms with E-state index in [1.807, 2.05) is 79.9 Å². The number of para-hydroxylation sites is 1. The molecule has 0 spiro atoms. The quantitative estimate of drug-likeness (QED) is 0.160. The van der Waals surface area contributed by atoms with Gasteiger partial charge in [0.05, 0.1) is 0 Å². The fraction of sp³-hybridized carbons (Fsp3) is 0.222. The van der Waals surface area contributed by atoms with Gasteiger partial charge in [-0.25, -0.2) is 0 Å². The fourth-order valence-corrected chi connectivity index (χ4v) is 6.23. The molecule has 5 rings (SSSR count). The summed E-state index contributed by atoms with van der Waals surface area (Å²) in [6.07, 6.45) is 2.17. The first-order chi connectivity index (χ1) is 22.1. The van der Waals surface area contributed by atoms with Crippen molar-refractivity contribution < 1.29 is 19.2 Å². The van der Waals surface area contributed by atoms with Crippen LogP contribution in [0.25, 0.3) is 22.0 Å². The average molecular weight is 636 g/mol. The van der Waals surface area contributed by atoms with Gasteiger partial charge in [0, 0.05) is 49.5 Å². The number of nitrogens with zero attached hydrogens (tertiary/aromatic N) is 1. The van der Waals surface area contributed by atoms with Crippen LogP contribution in [0.15, 0.2) is 89.8 Å². The Morgan fingerprint density at radius 3 is 2.24 bits per heavy atom. The van der Waals surface area contributed by atoms with Crippen molar-refractivity contribution in [3.63, 3.8) is 0 Å². The van der Waals surface area contributed by atoms with E-state index < -0.39 is 29.8 Å². The number of carbonyl (C=O) groups excluding carboxylic acids is 4. The smallest absolute Gasteiger partial charge is 0.261 e. The molecule has 0 unspecified atom stereocenters. The predicted octanol–water partition coefficient (Wildman–Crippen LogP) is 5.09. The van der Waals surface area contributed by atoms with Crippen LogP contribution in [0.5, 0.6) is 0 Å². The van der Waals surface area contributed by atoms with Crippen LogP contribution in [-0.4, -0.2) is 52.6 Å². The van der Waals surface area contributed by atoms with Crippen LogP contribution >= 0.6 is 11.3 Å². The molecule has 3 aromatic carbocycles. The van der Waals surface area contributed by atoms with E-state index in [2.05, 4.69) is 26.5 Å². The normalized spacial score (nSPS) is 12.3. The maximum atomic E-state index is 14.2. The second-order valence-electron chi connectivity index (χ2n) is 11.5. The molecular formula is C36H37N5O4S. The summed E-state index contributed by atoms with van der Waals surface area (Å²) in [7, 11) is 1.61. The molecule has 2 aromatic heterocycles. The molecule has 0 saturated heterocycles. The van der Waals surface area contributed by atoms with Crippen LogP contribution in [0, 0.1) is 13.8 Å². The minimum atomic E-state index is -1.05. The third kappa shape index (κ3) is 7.70. The number of thiophene rings is 1. The third-order valence-electron chi connectivity index (χ3n) is 7.89. The fourth-order valence-electron chi connectivity index (χ4n) is 5.57. The minimum absolute atomic E-state index is 0.151. The molecule has 236 valence electrons. The predicted molar refractivity (Wildman–Crippen MR) is 181 cm³/mol. The van der Waals surface area contributed by atoms with Crippen molar-refractivity contribution in [3.8, 4) is 11.1 Å². The first-order valence-electron chi connectivity index (χ1n) is 15.0. The lowest BCUT2D eigenvalue weighted by Crippen LogP contribution is -2.57. The van der Waals surface area contributed by atoms with E-state index in [0.717, 1.165) is 44.3 Å². The number of carbonyl (C=O) groups is 4. The Morgan fingerprint density at radius 1 is 0.848 bits per heavy atom. The van der Waals surface area contributed by atoms with E-state index in [0.29, 0.717) is 5.56 Å². The number of nitrogens with one attached hydrogen (secondary N) is 4. The number of H-pyrrole nitrogens is 1. The summed E-state index contributed by atoms with van der Waals surface area (Å²) in [6.45, 7) is 5.12. The highest BCUT2D eigenvalue weighted by Gasteiger charge is 2.32. The molecule has 0 bridgehead atoms. The van der Waals surface area contributed by atoms with Crippen molar-refractivity contribution in [1.82, 2.24) is 26.1 Å².